The Kier molecular flexibility index (Phi) is 4.04. The number of likely N-dealkylation sites (tertiary alicyclic amines) is 1. The van der Waals surface area contributed by atoms with Crippen molar-refractivity contribution in [3.63, 3.8) is 0 Å². The number of carbonyl (C=O) groups excluding carboxylic acids is 1. The topological polar surface area (TPSA) is 38.8 Å². The first-order chi connectivity index (χ1) is 10.3. The van der Waals surface area contributed by atoms with Crippen LogP contribution >= 0.6 is 0 Å². The lowest BCUT2D eigenvalue weighted by atomic mass is 9.85. The number of carbonyl (C=O) groups is 1. The summed E-state index contributed by atoms with van der Waals surface area (Å²) in [4.78, 5) is 15.0. The molecule has 2 atom stereocenters. The third-order valence-corrected chi connectivity index (χ3v) is 4.90. The molecule has 0 N–H and O–H groups in total. The van der Waals surface area contributed by atoms with E-state index in [4.69, 9.17) is 9.47 Å². The summed E-state index contributed by atoms with van der Waals surface area (Å²) in [6.07, 6.45) is 6.10. The highest BCUT2D eigenvalue weighted by Gasteiger charge is 2.39. The molecule has 21 heavy (non-hydrogen) atoms. The largest absolute Gasteiger partial charge is 0.493 e. The van der Waals surface area contributed by atoms with Crippen molar-refractivity contribution in [3.05, 3.63) is 23.8 Å². The monoisotopic (exact) mass is 289 g/mol. The van der Waals surface area contributed by atoms with Crippen LogP contribution in [0, 0.1) is 5.92 Å². The molecular weight excluding hydrogens is 266 g/mol. The van der Waals surface area contributed by atoms with Gasteiger partial charge in [-0.05, 0) is 37.3 Å². The van der Waals surface area contributed by atoms with Crippen LogP contribution in [0.25, 0.3) is 0 Å². The van der Waals surface area contributed by atoms with E-state index >= 15 is 0 Å². The van der Waals surface area contributed by atoms with Crippen LogP contribution < -0.4 is 9.47 Å². The fourth-order valence-electron chi connectivity index (χ4n) is 3.87. The van der Waals surface area contributed by atoms with E-state index in [1.54, 1.807) is 14.2 Å². The van der Waals surface area contributed by atoms with Gasteiger partial charge in [0.25, 0.3) is 5.91 Å². The van der Waals surface area contributed by atoms with Gasteiger partial charge in [-0.1, -0.05) is 18.9 Å². The van der Waals surface area contributed by atoms with E-state index in [1.807, 2.05) is 18.2 Å². The van der Waals surface area contributed by atoms with Gasteiger partial charge in [0.05, 0.1) is 19.8 Å². The molecule has 114 valence electrons. The van der Waals surface area contributed by atoms with Crippen LogP contribution in [-0.2, 0) is 0 Å². The molecule has 1 aliphatic carbocycles. The minimum Gasteiger partial charge on any atom is -0.493 e. The van der Waals surface area contributed by atoms with Crippen molar-refractivity contribution in [1.82, 2.24) is 4.90 Å². The van der Waals surface area contributed by atoms with Gasteiger partial charge in [-0.2, -0.15) is 0 Å². The van der Waals surface area contributed by atoms with Crippen molar-refractivity contribution in [2.24, 2.45) is 5.92 Å². The second-order valence-electron chi connectivity index (χ2n) is 5.94. The summed E-state index contributed by atoms with van der Waals surface area (Å²) in [6, 6.07) is 5.92. The summed E-state index contributed by atoms with van der Waals surface area (Å²) in [6.45, 7) is 0.870. The molecule has 4 heteroatoms. The lowest BCUT2D eigenvalue weighted by Gasteiger charge is -2.32. The zero-order valence-corrected chi connectivity index (χ0v) is 12.8. The predicted molar refractivity (Wildman–Crippen MR) is 80.9 cm³/mol. The molecule has 0 radical (unpaired) electrons. The molecule has 1 aromatic carbocycles. The summed E-state index contributed by atoms with van der Waals surface area (Å²) in [7, 11) is 3.18. The number of nitrogens with zero attached hydrogens (tertiary/aromatic N) is 1. The minimum atomic E-state index is 0.0835. The minimum absolute atomic E-state index is 0.0835. The zero-order chi connectivity index (χ0) is 14.8. The zero-order valence-electron chi connectivity index (χ0n) is 12.8. The van der Waals surface area contributed by atoms with Gasteiger partial charge in [0.1, 0.15) is 0 Å². The molecule has 1 amide bonds. The summed E-state index contributed by atoms with van der Waals surface area (Å²) in [5.41, 5.74) is 0.614. The van der Waals surface area contributed by atoms with Crippen LogP contribution in [0.5, 0.6) is 11.5 Å². The number of ether oxygens (including phenoxy) is 2. The van der Waals surface area contributed by atoms with E-state index in [2.05, 4.69) is 4.90 Å². The van der Waals surface area contributed by atoms with Crippen LogP contribution in [0.3, 0.4) is 0 Å². The first kappa shape index (κ1) is 14.2. The van der Waals surface area contributed by atoms with Gasteiger partial charge in [0, 0.05) is 12.6 Å². The summed E-state index contributed by atoms with van der Waals surface area (Å²) >= 11 is 0. The molecule has 1 saturated heterocycles. The molecule has 2 aliphatic rings. The van der Waals surface area contributed by atoms with E-state index in [1.165, 1.54) is 19.3 Å². The van der Waals surface area contributed by atoms with Crippen LogP contribution in [0.4, 0.5) is 0 Å². The predicted octanol–water partition coefficient (Wildman–Crippen LogP) is 3.11. The number of benzene rings is 1. The number of hydrogen-bond acceptors (Lipinski definition) is 3. The normalized spacial score (nSPS) is 24.6. The van der Waals surface area contributed by atoms with E-state index in [9.17, 15) is 4.79 Å². The Morgan fingerprint density at radius 1 is 1.14 bits per heavy atom. The van der Waals surface area contributed by atoms with Gasteiger partial charge in [-0.25, -0.2) is 0 Å². The van der Waals surface area contributed by atoms with E-state index in [0.717, 1.165) is 19.4 Å². The van der Waals surface area contributed by atoms with Gasteiger partial charge < -0.3 is 14.4 Å². The molecule has 0 aromatic heterocycles. The van der Waals surface area contributed by atoms with E-state index < -0.39 is 0 Å². The molecule has 0 bridgehead atoms. The van der Waals surface area contributed by atoms with Gasteiger partial charge in [-0.3, -0.25) is 4.79 Å². The van der Waals surface area contributed by atoms with Crippen LogP contribution in [0.15, 0.2) is 18.2 Å². The van der Waals surface area contributed by atoms with Gasteiger partial charge in [0.15, 0.2) is 11.5 Å². The SMILES string of the molecule is COc1cccc(C(=O)N2CCC3CCCCC32)c1OC. The second-order valence-corrected chi connectivity index (χ2v) is 5.94. The van der Waals surface area contributed by atoms with Crippen molar-refractivity contribution in [3.8, 4) is 11.5 Å². The van der Waals surface area contributed by atoms with Crippen molar-refractivity contribution in [2.75, 3.05) is 20.8 Å². The Morgan fingerprint density at radius 3 is 2.71 bits per heavy atom. The molecular formula is C17H23NO3. The number of rotatable bonds is 3. The molecule has 4 nitrogen and oxygen atoms in total. The van der Waals surface area contributed by atoms with Crippen LogP contribution in [-0.4, -0.2) is 37.6 Å². The standard InChI is InChI=1S/C17H23NO3/c1-20-15-9-5-7-13(16(15)21-2)17(19)18-11-10-12-6-3-4-8-14(12)18/h5,7,9,12,14H,3-4,6,8,10-11H2,1-2H3. The fourth-order valence-corrected chi connectivity index (χ4v) is 3.87. The Balaban J connectivity index is 1.88. The average Bonchev–Trinajstić information content (AvgIpc) is 2.97. The molecule has 3 rings (SSSR count). The molecule has 2 unspecified atom stereocenters. The van der Waals surface area contributed by atoms with Crippen molar-refractivity contribution >= 4 is 5.91 Å². The Labute approximate surface area is 126 Å². The summed E-state index contributed by atoms with van der Waals surface area (Å²) in [5.74, 6) is 1.94. The molecule has 1 heterocycles. The first-order valence-corrected chi connectivity index (χ1v) is 7.78. The highest BCUT2D eigenvalue weighted by atomic mass is 16.5. The number of methoxy groups -OCH3 is 2. The molecule has 1 aromatic rings. The molecule has 1 saturated carbocycles. The number of amides is 1. The smallest absolute Gasteiger partial charge is 0.258 e. The summed E-state index contributed by atoms with van der Waals surface area (Å²) < 4.78 is 10.7. The van der Waals surface area contributed by atoms with Crippen LogP contribution in [0.1, 0.15) is 42.5 Å². The molecule has 2 fully saturated rings. The first-order valence-electron chi connectivity index (χ1n) is 7.78. The quantitative estimate of drug-likeness (QED) is 0.858. The Bertz CT molecular complexity index is 529. The maximum absolute atomic E-state index is 12.9. The number of hydrogen-bond donors (Lipinski definition) is 0. The van der Waals surface area contributed by atoms with E-state index in [0.29, 0.717) is 29.0 Å². The maximum atomic E-state index is 12.9. The lowest BCUT2D eigenvalue weighted by Crippen LogP contribution is -2.39. The Morgan fingerprint density at radius 2 is 1.95 bits per heavy atom. The number of fused-ring (bicyclic) bond motifs is 1. The maximum Gasteiger partial charge on any atom is 0.258 e. The van der Waals surface area contributed by atoms with Gasteiger partial charge in [-0.15, -0.1) is 0 Å². The lowest BCUT2D eigenvalue weighted by molar-refractivity contribution is 0.0686. The summed E-state index contributed by atoms with van der Waals surface area (Å²) in [5, 5.41) is 0. The third kappa shape index (κ3) is 2.47. The average molecular weight is 289 g/mol. The highest BCUT2D eigenvalue weighted by Crippen LogP contribution is 2.39. The fraction of sp³-hybridized carbons (Fsp3) is 0.588. The van der Waals surface area contributed by atoms with Crippen molar-refractivity contribution in [2.45, 2.75) is 38.1 Å². The number of para-hydroxylation sites is 1. The Hall–Kier alpha value is -1.71. The highest BCUT2D eigenvalue weighted by molar-refractivity contribution is 5.98. The second kappa shape index (κ2) is 5.96. The molecule has 1 aliphatic heterocycles. The van der Waals surface area contributed by atoms with Gasteiger partial charge >= 0.3 is 0 Å². The van der Waals surface area contributed by atoms with Crippen molar-refractivity contribution in [1.29, 1.82) is 0 Å². The van der Waals surface area contributed by atoms with Crippen molar-refractivity contribution < 1.29 is 14.3 Å². The van der Waals surface area contributed by atoms with E-state index in [-0.39, 0.29) is 5.91 Å². The van der Waals surface area contributed by atoms with Gasteiger partial charge in [0.2, 0.25) is 0 Å². The van der Waals surface area contributed by atoms with Crippen LogP contribution in [0.2, 0.25) is 0 Å². The molecule has 0 spiro atoms. The third-order valence-electron chi connectivity index (χ3n) is 4.90.